The molecule has 3 rings (SSSR count). The van der Waals surface area contributed by atoms with Crippen LogP contribution in [0, 0.1) is 0 Å². The number of hydrogen-bond donors (Lipinski definition) is 2. The molecule has 1 aliphatic heterocycles. The molecule has 2 aromatic carbocycles. The number of hydrogen-bond acceptors (Lipinski definition) is 4. The van der Waals surface area contributed by atoms with E-state index in [2.05, 4.69) is 11.9 Å². The fourth-order valence-electron chi connectivity index (χ4n) is 3.66. The smallest absolute Gasteiger partial charge is 0.247 e. The largest absolute Gasteiger partial charge is 0.508 e. The van der Waals surface area contributed by atoms with Crippen molar-refractivity contribution in [2.45, 2.75) is 31.5 Å². The molecule has 2 N–H and O–H groups in total. The zero-order valence-corrected chi connectivity index (χ0v) is 16.3. The van der Waals surface area contributed by atoms with Crippen molar-refractivity contribution in [2.24, 2.45) is 0 Å². The summed E-state index contributed by atoms with van der Waals surface area (Å²) in [7, 11) is 0. The van der Waals surface area contributed by atoms with Crippen molar-refractivity contribution in [2.75, 3.05) is 13.2 Å². The van der Waals surface area contributed by atoms with E-state index in [1.165, 1.54) is 6.08 Å². The number of phenols is 1. The lowest BCUT2D eigenvalue weighted by molar-refractivity contribution is -0.152. The number of phenolic OH excluding ortho intramolecular Hbond substituents is 1. The first-order valence-corrected chi connectivity index (χ1v) is 9.67. The molecule has 0 saturated carbocycles. The highest BCUT2D eigenvalue weighted by Crippen LogP contribution is 2.31. The monoisotopic (exact) mass is 394 g/mol. The van der Waals surface area contributed by atoms with Crippen LogP contribution in [-0.4, -0.2) is 40.6 Å². The minimum Gasteiger partial charge on any atom is -0.508 e. The summed E-state index contributed by atoms with van der Waals surface area (Å²) in [5.41, 5.74) is 0.684. The van der Waals surface area contributed by atoms with Gasteiger partial charge in [0.15, 0.2) is 0 Å². The summed E-state index contributed by atoms with van der Waals surface area (Å²) in [6, 6.07) is 16.3. The molecule has 0 atom stereocenters. The number of carbonyl (C=O) groups excluding carboxylic acids is 2. The summed E-state index contributed by atoms with van der Waals surface area (Å²) in [6.45, 7) is 4.97. The Morgan fingerprint density at radius 3 is 2.45 bits per heavy atom. The van der Waals surface area contributed by atoms with Crippen molar-refractivity contribution in [3.63, 3.8) is 0 Å². The van der Waals surface area contributed by atoms with Gasteiger partial charge in [0.1, 0.15) is 11.3 Å². The molecule has 0 radical (unpaired) electrons. The Morgan fingerprint density at radius 1 is 1.10 bits per heavy atom. The Morgan fingerprint density at radius 2 is 1.79 bits per heavy atom. The van der Waals surface area contributed by atoms with Crippen molar-refractivity contribution < 1.29 is 19.4 Å². The molecule has 1 aliphatic rings. The highest BCUT2D eigenvalue weighted by Gasteiger charge is 2.46. The fraction of sp³-hybridized carbons (Fsp3) is 0.304. The van der Waals surface area contributed by atoms with Gasteiger partial charge in [-0.3, -0.25) is 9.59 Å². The summed E-state index contributed by atoms with van der Waals surface area (Å²) < 4.78 is 5.49. The molecule has 152 valence electrons. The van der Waals surface area contributed by atoms with E-state index in [4.69, 9.17) is 4.74 Å². The lowest BCUT2D eigenvalue weighted by Crippen LogP contribution is -2.62. The number of nitrogens with one attached hydrogen (secondary N) is 1. The maximum atomic E-state index is 13.4. The van der Waals surface area contributed by atoms with Crippen LogP contribution in [0.15, 0.2) is 67.3 Å². The van der Waals surface area contributed by atoms with Crippen LogP contribution in [0.4, 0.5) is 0 Å². The average Bonchev–Trinajstić information content (AvgIpc) is 2.76. The summed E-state index contributed by atoms with van der Waals surface area (Å²) in [4.78, 5) is 27.7. The molecule has 6 heteroatoms. The minimum atomic E-state index is -1.04. The van der Waals surface area contributed by atoms with Gasteiger partial charge >= 0.3 is 0 Å². The van der Waals surface area contributed by atoms with Gasteiger partial charge in [-0.15, -0.1) is 0 Å². The van der Waals surface area contributed by atoms with E-state index in [-0.39, 0.29) is 24.1 Å². The van der Waals surface area contributed by atoms with E-state index in [0.717, 1.165) is 11.1 Å². The molecule has 2 amide bonds. The summed E-state index contributed by atoms with van der Waals surface area (Å²) in [5.74, 6) is -0.423. The van der Waals surface area contributed by atoms with Crippen LogP contribution in [0.5, 0.6) is 5.75 Å². The van der Waals surface area contributed by atoms with Gasteiger partial charge in [0.25, 0.3) is 0 Å². The van der Waals surface area contributed by atoms with E-state index in [1.54, 1.807) is 23.1 Å². The molecule has 2 aromatic rings. The third-order valence-electron chi connectivity index (χ3n) is 5.25. The zero-order chi connectivity index (χ0) is 20.7. The van der Waals surface area contributed by atoms with E-state index < -0.39 is 5.54 Å². The molecule has 1 fully saturated rings. The maximum absolute atomic E-state index is 13.4. The first-order valence-electron chi connectivity index (χ1n) is 9.67. The Balaban J connectivity index is 1.88. The van der Waals surface area contributed by atoms with Crippen LogP contribution in [0.2, 0.25) is 0 Å². The van der Waals surface area contributed by atoms with E-state index >= 15 is 0 Å². The topological polar surface area (TPSA) is 78.9 Å². The zero-order valence-electron chi connectivity index (χ0n) is 16.3. The molecule has 0 aliphatic carbocycles. The highest BCUT2D eigenvalue weighted by atomic mass is 16.5. The minimum absolute atomic E-state index is 0.114. The number of carbonyl (C=O) groups is 2. The molecule has 0 spiro atoms. The molecule has 1 saturated heterocycles. The van der Waals surface area contributed by atoms with Crippen molar-refractivity contribution in [3.8, 4) is 5.75 Å². The van der Waals surface area contributed by atoms with Crippen molar-refractivity contribution >= 4 is 11.8 Å². The molecule has 0 aromatic heterocycles. The Kier molecular flexibility index (Phi) is 6.67. The summed E-state index contributed by atoms with van der Waals surface area (Å²) in [5, 5.41) is 12.8. The number of rotatable bonds is 7. The number of nitrogens with zero attached hydrogens (tertiary/aromatic N) is 1. The van der Waals surface area contributed by atoms with Crippen LogP contribution in [0.1, 0.15) is 24.0 Å². The van der Waals surface area contributed by atoms with Gasteiger partial charge in [0, 0.05) is 39.1 Å². The number of ether oxygens (including phenoxy) is 1. The SMILES string of the molecule is C=CC(=O)N(Cc1cccc(O)c1)C1(C(=O)NCc2ccccc2)CCOCC1. The molecule has 1 heterocycles. The van der Waals surface area contributed by atoms with Crippen LogP contribution < -0.4 is 5.32 Å². The third-order valence-corrected chi connectivity index (χ3v) is 5.25. The van der Waals surface area contributed by atoms with Crippen LogP contribution in [-0.2, 0) is 27.4 Å². The molecular weight excluding hydrogens is 368 g/mol. The van der Waals surface area contributed by atoms with Crippen LogP contribution in [0.3, 0.4) is 0 Å². The van der Waals surface area contributed by atoms with Gasteiger partial charge in [0.2, 0.25) is 11.8 Å². The second kappa shape index (κ2) is 9.39. The van der Waals surface area contributed by atoms with Crippen LogP contribution >= 0.6 is 0 Å². The highest BCUT2D eigenvalue weighted by molar-refractivity contribution is 5.95. The predicted molar refractivity (Wildman–Crippen MR) is 110 cm³/mol. The second-order valence-electron chi connectivity index (χ2n) is 7.11. The Hall–Kier alpha value is -3.12. The summed E-state index contributed by atoms with van der Waals surface area (Å²) in [6.07, 6.45) is 2.02. The van der Waals surface area contributed by atoms with E-state index in [1.807, 2.05) is 36.4 Å². The number of amides is 2. The van der Waals surface area contributed by atoms with Crippen molar-refractivity contribution in [1.29, 1.82) is 0 Å². The Bertz CT molecular complexity index is 860. The lowest BCUT2D eigenvalue weighted by atomic mass is 9.86. The summed E-state index contributed by atoms with van der Waals surface area (Å²) >= 11 is 0. The molecule has 6 nitrogen and oxygen atoms in total. The first kappa shape index (κ1) is 20.6. The predicted octanol–water partition coefficient (Wildman–Crippen LogP) is 2.77. The van der Waals surface area contributed by atoms with E-state index in [0.29, 0.717) is 32.6 Å². The maximum Gasteiger partial charge on any atom is 0.247 e. The third kappa shape index (κ3) is 4.84. The molecule has 0 bridgehead atoms. The number of aromatic hydroxyl groups is 1. The quantitative estimate of drug-likeness (QED) is 0.708. The average molecular weight is 394 g/mol. The van der Waals surface area contributed by atoms with Gasteiger partial charge in [0.05, 0.1) is 0 Å². The standard InChI is InChI=1S/C23H26N2O4/c1-2-21(27)25(17-19-9-6-10-20(26)15-19)23(11-13-29-14-12-23)22(28)24-16-18-7-4-3-5-8-18/h2-10,15,26H,1,11-14,16-17H2,(H,24,28). The van der Waals surface area contributed by atoms with Gasteiger partial charge in [-0.1, -0.05) is 49.0 Å². The normalized spacial score (nSPS) is 15.3. The second-order valence-corrected chi connectivity index (χ2v) is 7.11. The molecular formula is C23H26N2O4. The Labute approximate surface area is 170 Å². The molecule has 0 unspecified atom stereocenters. The number of benzene rings is 2. The lowest BCUT2D eigenvalue weighted by Gasteiger charge is -2.44. The van der Waals surface area contributed by atoms with Gasteiger partial charge < -0.3 is 20.1 Å². The van der Waals surface area contributed by atoms with Crippen molar-refractivity contribution in [3.05, 3.63) is 78.4 Å². The fourth-order valence-corrected chi connectivity index (χ4v) is 3.66. The van der Waals surface area contributed by atoms with Gasteiger partial charge in [-0.25, -0.2) is 0 Å². The first-order chi connectivity index (χ1) is 14.0. The molecule has 29 heavy (non-hydrogen) atoms. The van der Waals surface area contributed by atoms with Crippen LogP contribution in [0.25, 0.3) is 0 Å². The van der Waals surface area contributed by atoms with Gasteiger partial charge in [-0.2, -0.15) is 0 Å². The van der Waals surface area contributed by atoms with Gasteiger partial charge in [-0.05, 0) is 29.3 Å². The van der Waals surface area contributed by atoms with Crippen molar-refractivity contribution in [1.82, 2.24) is 10.2 Å². The van der Waals surface area contributed by atoms with E-state index in [9.17, 15) is 14.7 Å².